The first-order valence-electron chi connectivity index (χ1n) is 3.42. The van der Waals surface area contributed by atoms with Crippen molar-refractivity contribution in [2.75, 3.05) is 0 Å². The van der Waals surface area contributed by atoms with Crippen LogP contribution in [0.4, 0.5) is 0 Å². The molecule has 0 aromatic heterocycles. The van der Waals surface area contributed by atoms with Gasteiger partial charge in [0.25, 0.3) is 0 Å². The minimum atomic E-state index is -0.327. The highest BCUT2D eigenvalue weighted by atomic mass is 16.1. The van der Waals surface area contributed by atoms with Crippen LogP contribution in [0.25, 0.3) is 0 Å². The third-order valence-electron chi connectivity index (χ3n) is 2.16. The number of carbonyl (C=O) groups excluding carboxylic acids is 2. The van der Waals surface area contributed by atoms with Crippen LogP contribution in [0, 0.1) is 11.8 Å². The Kier molecular flexibility index (Phi) is 1.74. The first-order valence-corrected chi connectivity index (χ1v) is 3.42. The van der Waals surface area contributed by atoms with Crippen molar-refractivity contribution in [3.8, 4) is 0 Å². The third-order valence-corrected chi connectivity index (χ3v) is 2.16. The Morgan fingerprint density at radius 3 is 1.90 bits per heavy atom. The first kappa shape index (κ1) is 7.25. The van der Waals surface area contributed by atoms with E-state index in [4.69, 9.17) is 5.73 Å². The number of Topliss-reactive ketones (excluding diaryl/α,β-unsaturated/α-hetero) is 1. The number of primary amides is 1. The van der Waals surface area contributed by atoms with Gasteiger partial charge in [0.2, 0.25) is 5.91 Å². The first-order chi connectivity index (χ1) is 4.63. The molecule has 0 spiro atoms. The molecule has 0 saturated heterocycles. The van der Waals surface area contributed by atoms with Gasteiger partial charge >= 0.3 is 0 Å². The largest absolute Gasteiger partial charge is 0.369 e. The Balaban J connectivity index is 2.51. The molecule has 1 fully saturated rings. The smallest absolute Gasteiger partial charge is 0.221 e. The van der Waals surface area contributed by atoms with Gasteiger partial charge in [-0.1, -0.05) is 0 Å². The Hall–Kier alpha value is -0.860. The van der Waals surface area contributed by atoms with Gasteiger partial charge in [0.05, 0.1) is 0 Å². The van der Waals surface area contributed by atoms with Crippen LogP contribution in [0.5, 0.6) is 0 Å². The van der Waals surface area contributed by atoms with Crippen molar-refractivity contribution in [2.24, 2.45) is 17.6 Å². The molecule has 1 rings (SSSR count). The third kappa shape index (κ3) is 1.03. The molecular formula is C7H11NO2. The highest BCUT2D eigenvalue weighted by Crippen LogP contribution is 2.34. The van der Waals surface area contributed by atoms with Crippen molar-refractivity contribution < 1.29 is 9.59 Å². The molecule has 0 aromatic carbocycles. The topological polar surface area (TPSA) is 60.2 Å². The summed E-state index contributed by atoms with van der Waals surface area (Å²) in [7, 11) is 0. The zero-order chi connectivity index (χ0) is 7.72. The van der Waals surface area contributed by atoms with Crippen LogP contribution >= 0.6 is 0 Å². The molecule has 0 unspecified atom stereocenters. The van der Waals surface area contributed by atoms with Crippen molar-refractivity contribution in [2.45, 2.75) is 19.8 Å². The lowest BCUT2D eigenvalue weighted by atomic mass is 9.71. The number of hydrogen-bond donors (Lipinski definition) is 1. The fourth-order valence-electron chi connectivity index (χ4n) is 1.33. The number of amides is 1. The molecule has 0 radical (unpaired) electrons. The van der Waals surface area contributed by atoms with E-state index >= 15 is 0 Å². The second-order valence-corrected chi connectivity index (χ2v) is 2.80. The van der Waals surface area contributed by atoms with E-state index in [9.17, 15) is 9.59 Å². The van der Waals surface area contributed by atoms with Crippen LogP contribution in [-0.2, 0) is 9.59 Å². The molecule has 1 aliphatic carbocycles. The zero-order valence-electron chi connectivity index (χ0n) is 5.96. The molecule has 56 valence electrons. The fraction of sp³-hybridized carbons (Fsp3) is 0.714. The normalized spacial score (nSPS) is 30.9. The van der Waals surface area contributed by atoms with Crippen molar-refractivity contribution in [1.29, 1.82) is 0 Å². The van der Waals surface area contributed by atoms with Crippen LogP contribution in [0.15, 0.2) is 0 Å². The van der Waals surface area contributed by atoms with Crippen LogP contribution in [0.3, 0.4) is 0 Å². The summed E-state index contributed by atoms with van der Waals surface area (Å²) < 4.78 is 0. The van der Waals surface area contributed by atoms with E-state index in [0.29, 0.717) is 0 Å². The van der Waals surface area contributed by atoms with Gasteiger partial charge in [0, 0.05) is 11.8 Å². The Bertz CT molecular complexity index is 156. The molecule has 0 aromatic rings. The molecule has 2 atom stereocenters. The molecule has 3 heteroatoms. The minimum Gasteiger partial charge on any atom is -0.369 e. The van der Waals surface area contributed by atoms with Gasteiger partial charge in [-0.05, 0) is 19.8 Å². The van der Waals surface area contributed by atoms with E-state index < -0.39 is 0 Å². The lowest BCUT2D eigenvalue weighted by Crippen LogP contribution is -2.40. The summed E-state index contributed by atoms with van der Waals surface area (Å²) in [5, 5.41) is 0. The lowest BCUT2D eigenvalue weighted by Gasteiger charge is -2.31. The molecule has 0 aliphatic heterocycles. The molecule has 1 amide bonds. The van der Waals surface area contributed by atoms with Crippen molar-refractivity contribution in [3.63, 3.8) is 0 Å². The van der Waals surface area contributed by atoms with E-state index in [1.165, 1.54) is 6.92 Å². The number of hydrogen-bond acceptors (Lipinski definition) is 2. The molecule has 2 N–H and O–H groups in total. The van der Waals surface area contributed by atoms with Gasteiger partial charge in [0.1, 0.15) is 5.78 Å². The number of carbonyl (C=O) groups is 2. The predicted molar refractivity (Wildman–Crippen MR) is 36.1 cm³/mol. The highest BCUT2D eigenvalue weighted by Gasteiger charge is 2.37. The van der Waals surface area contributed by atoms with Crippen LogP contribution in [-0.4, -0.2) is 11.7 Å². The van der Waals surface area contributed by atoms with Gasteiger partial charge in [-0.15, -0.1) is 0 Å². The van der Waals surface area contributed by atoms with Gasteiger partial charge in [-0.3, -0.25) is 9.59 Å². The van der Waals surface area contributed by atoms with Gasteiger partial charge in [-0.25, -0.2) is 0 Å². The fourth-order valence-corrected chi connectivity index (χ4v) is 1.33. The summed E-state index contributed by atoms with van der Waals surface area (Å²) in [6.07, 6.45) is 1.63. The number of nitrogens with two attached hydrogens (primary N) is 1. The summed E-state index contributed by atoms with van der Waals surface area (Å²) in [5.41, 5.74) is 5.03. The molecule has 1 aliphatic rings. The lowest BCUT2D eigenvalue weighted by molar-refractivity contribution is -0.136. The maximum atomic E-state index is 10.7. The van der Waals surface area contributed by atoms with Crippen molar-refractivity contribution >= 4 is 11.7 Å². The molecule has 0 bridgehead atoms. The quantitative estimate of drug-likeness (QED) is 0.592. The van der Waals surface area contributed by atoms with Crippen molar-refractivity contribution in [3.05, 3.63) is 0 Å². The van der Waals surface area contributed by atoms with E-state index in [0.717, 1.165) is 12.8 Å². The van der Waals surface area contributed by atoms with Gasteiger partial charge in [-0.2, -0.15) is 0 Å². The standard InChI is InChI=1S/C7H11NO2/c1-4(9)5-2-3-6(5)7(8)10/h5-6H,2-3H2,1H3,(H2,8,10)/t5-,6-/m0/s1. The summed E-state index contributed by atoms with van der Waals surface area (Å²) in [4.78, 5) is 21.3. The van der Waals surface area contributed by atoms with E-state index in [1.807, 2.05) is 0 Å². The average molecular weight is 141 g/mol. The molecule has 1 saturated carbocycles. The highest BCUT2D eigenvalue weighted by molar-refractivity contribution is 5.88. The van der Waals surface area contributed by atoms with E-state index in [1.54, 1.807) is 0 Å². The summed E-state index contributed by atoms with van der Waals surface area (Å²) in [6, 6.07) is 0. The maximum Gasteiger partial charge on any atom is 0.221 e. The molecular weight excluding hydrogens is 130 g/mol. The predicted octanol–water partition coefficient (Wildman–Crippen LogP) is 0.0869. The van der Waals surface area contributed by atoms with Crippen LogP contribution in [0.2, 0.25) is 0 Å². The minimum absolute atomic E-state index is 0.0718. The second-order valence-electron chi connectivity index (χ2n) is 2.80. The molecule has 0 heterocycles. The number of ketones is 1. The van der Waals surface area contributed by atoms with Gasteiger partial charge in [0.15, 0.2) is 0 Å². The van der Waals surface area contributed by atoms with Crippen molar-refractivity contribution in [1.82, 2.24) is 0 Å². The van der Waals surface area contributed by atoms with E-state index in [2.05, 4.69) is 0 Å². The summed E-state index contributed by atoms with van der Waals surface area (Å²) in [5.74, 6) is -0.475. The van der Waals surface area contributed by atoms with Crippen LogP contribution < -0.4 is 5.73 Å². The monoisotopic (exact) mass is 141 g/mol. The maximum absolute atomic E-state index is 10.7. The molecule has 3 nitrogen and oxygen atoms in total. The van der Waals surface area contributed by atoms with E-state index in [-0.39, 0.29) is 23.5 Å². The van der Waals surface area contributed by atoms with Gasteiger partial charge < -0.3 is 5.73 Å². The Labute approximate surface area is 59.6 Å². The van der Waals surface area contributed by atoms with Crippen LogP contribution in [0.1, 0.15) is 19.8 Å². The Morgan fingerprint density at radius 1 is 1.30 bits per heavy atom. The summed E-state index contributed by atoms with van der Waals surface area (Å²) in [6.45, 7) is 1.51. The average Bonchev–Trinajstić information content (AvgIpc) is 1.56. The zero-order valence-corrected chi connectivity index (χ0v) is 5.96. The second kappa shape index (κ2) is 2.40. The molecule has 10 heavy (non-hydrogen) atoms. The number of rotatable bonds is 2. The SMILES string of the molecule is CC(=O)[C@@H]1CC[C@@H]1C(N)=O. The summed E-state index contributed by atoms with van der Waals surface area (Å²) >= 11 is 0. The Morgan fingerprint density at radius 2 is 1.80 bits per heavy atom.